The molecule has 0 aromatic heterocycles. The van der Waals surface area contributed by atoms with E-state index in [1.165, 1.54) is 6.42 Å². The van der Waals surface area contributed by atoms with Gasteiger partial charge >= 0.3 is 7.37 Å². The zero-order valence-electron chi connectivity index (χ0n) is 12.5. The highest BCUT2D eigenvalue weighted by atomic mass is 31.2. The summed E-state index contributed by atoms with van der Waals surface area (Å²) in [7, 11) is -3.02. The van der Waals surface area contributed by atoms with E-state index in [0.717, 1.165) is 36.7 Å². The third-order valence-electron chi connectivity index (χ3n) is 4.82. The molecule has 22 heavy (non-hydrogen) atoms. The van der Waals surface area contributed by atoms with Crippen LogP contribution >= 0.6 is 7.37 Å². The molecule has 1 atom stereocenters. The Morgan fingerprint density at radius 3 is 2.36 bits per heavy atom. The highest BCUT2D eigenvalue weighted by Gasteiger charge is 2.54. The van der Waals surface area contributed by atoms with E-state index in [9.17, 15) is 4.57 Å². The number of hydrogen-bond acceptors (Lipinski definition) is 3. The second-order valence-electron chi connectivity index (χ2n) is 6.19. The minimum Gasteiger partial charge on any atom is -0.436 e. The fourth-order valence-electron chi connectivity index (χ4n) is 3.68. The van der Waals surface area contributed by atoms with Gasteiger partial charge < -0.3 is 9.84 Å². The fraction of sp³-hybridized carbons (Fsp3) is 0.333. The average Bonchev–Trinajstić information content (AvgIpc) is 2.58. The SMILES string of the molecule is O=[P@]1(c2ccccc2)Oc2ccccc2NC12CCCCC2. The molecule has 3 nitrogen and oxygen atoms in total. The largest absolute Gasteiger partial charge is 0.436 e. The van der Waals surface area contributed by atoms with Crippen LogP contribution < -0.4 is 15.1 Å². The van der Waals surface area contributed by atoms with E-state index in [1.54, 1.807) is 0 Å². The summed E-state index contributed by atoms with van der Waals surface area (Å²) in [6.07, 6.45) is 5.19. The number of para-hydroxylation sites is 2. The lowest BCUT2D eigenvalue weighted by Gasteiger charge is -2.47. The van der Waals surface area contributed by atoms with E-state index < -0.39 is 12.6 Å². The summed E-state index contributed by atoms with van der Waals surface area (Å²) in [6.45, 7) is 0. The first kappa shape index (κ1) is 13.9. The first-order chi connectivity index (χ1) is 10.7. The number of nitrogens with one attached hydrogen (secondary N) is 1. The summed E-state index contributed by atoms with van der Waals surface area (Å²) >= 11 is 0. The van der Waals surface area contributed by atoms with E-state index in [-0.39, 0.29) is 0 Å². The molecular weight excluding hydrogens is 293 g/mol. The van der Waals surface area contributed by atoms with Crippen molar-refractivity contribution in [3.63, 3.8) is 0 Å². The predicted molar refractivity (Wildman–Crippen MR) is 90.2 cm³/mol. The minimum atomic E-state index is -3.02. The van der Waals surface area contributed by atoms with Crippen LogP contribution in [0.15, 0.2) is 54.6 Å². The molecule has 1 fully saturated rings. The van der Waals surface area contributed by atoms with Crippen LogP contribution in [0.3, 0.4) is 0 Å². The molecule has 0 amide bonds. The molecule has 1 spiro atoms. The highest BCUT2D eigenvalue weighted by molar-refractivity contribution is 7.69. The lowest BCUT2D eigenvalue weighted by molar-refractivity contribution is 0.360. The summed E-state index contributed by atoms with van der Waals surface area (Å²) < 4.78 is 20.2. The molecule has 4 heteroatoms. The molecule has 4 rings (SSSR count). The number of rotatable bonds is 1. The standard InChI is InChI=1S/C18H20NO2P/c20-22(15-9-3-1-4-10-15)18(13-7-2-8-14-18)19-16-11-5-6-12-17(16)21-22/h1,3-6,9-12,19H,2,7-8,13-14H2/t22-/m1/s1. The molecule has 1 aliphatic heterocycles. The summed E-state index contributed by atoms with van der Waals surface area (Å²) in [5.74, 6) is 0.700. The van der Waals surface area contributed by atoms with Gasteiger partial charge in [0.25, 0.3) is 0 Å². The highest BCUT2D eigenvalue weighted by Crippen LogP contribution is 2.66. The molecule has 1 saturated carbocycles. The molecule has 0 unspecified atom stereocenters. The second-order valence-corrected chi connectivity index (χ2v) is 8.85. The maximum absolute atomic E-state index is 14.0. The monoisotopic (exact) mass is 313 g/mol. The Balaban J connectivity index is 1.88. The lowest BCUT2D eigenvalue weighted by atomic mass is 9.94. The van der Waals surface area contributed by atoms with Gasteiger partial charge in [-0.15, -0.1) is 0 Å². The van der Waals surface area contributed by atoms with Gasteiger partial charge in [-0.1, -0.05) is 49.6 Å². The van der Waals surface area contributed by atoms with Gasteiger partial charge in [0, 0.05) is 0 Å². The van der Waals surface area contributed by atoms with Gasteiger partial charge in [-0.2, -0.15) is 0 Å². The number of hydrogen-bond donors (Lipinski definition) is 1. The Hall–Kier alpha value is -1.73. The van der Waals surface area contributed by atoms with E-state index >= 15 is 0 Å². The lowest BCUT2D eigenvalue weighted by Crippen LogP contribution is -2.46. The molecule has 0 radical (unpaired) electrons. The maximum atomic E-state index is 14.0. The Bertz CT molecular complexity index is 723. The van der Waals surface area contributed by atoms with E-state index in [4.69, 9.17) is 4.52 Å². The smallest absolute Gasteiger partial charge is 0.301 e. The summed E-state index contributed by atoms with van der Waals surface area (Å²) in [5.41, 5.74) is 0.965. The van der Waals surface area contributed by atoms with Crippen LogP contribution in [0.25, 0.3) is 0 Å². The van der Waals surface area contributed by atoms with E-state index in [1.807, 2.05) is 54.6 Å². The van der Waals surface area contributed by atoms with Crippen molar-refractivity contribution in [3.8, 4) is 5.75 Å². The summed E-state index contributed by atoms with van der Waals surface area (Å²) in [4.78, 5) is 0. The molecule has 114 valence electrons. The predicted octanol–water partition coefficient (Wildman–Crippen LogP) is 4.75. The molecule has 1 heterocycles. The van der Waals surface area contributed by atoms with Crippen LogP contribution in [0.2, 0.25) is 0 Å². The zero-order valence-corrected chi connectivity index (χ0v) is 13.4. The van der Waals surface area contributed by atoms with Gasteiger partial charge in [0.2, 0.25) is 0 Å². The van der Waals surface area contributed by atoms with Gasteiger partial charge in [-0.05, 0) is 37.1 Å². The van der Waals surface area contributed by atoms with Gasteiger partial charge in [0.15, 0.2) is 0 Å². The third-order valence-corrected chi connectivity index (χ3v) is 7.94. The molecule has 2 aromatic carbocycles. The molecule has 2 aliphatic rings. The Morgan fingerprint density at radius 2 is 1.59 bits per heavy atom. The van der Waals surface area contributed by atoms with Crippen molar-refractivity contribution in [1.82, 2.24) is 0 Å². The zero-order chi connectivity index (χ0) is 15.0. The molecular formula is C18H20NO2P. The van der Waals surface area contributed by atoms with Crippen molar-refractivity contribution in [2.45, 2.75) is 37.4 Å². The summed E-state index contributed by atoms with van der Waals surface area (Å²) in [5, 5.41) is 3.97. The number of benzene rings is 2. The Labute approximate surface area is 131 Å². The third kappa shape index (κ3) is 1.99. The first-order valence-electron chi connectivity index (χ1n) is 7.96. The van der Waals surface area contributed by atoms with Crippen molar-refractivity contribution in [2.24, 2.45) is 0 Å². The van der Waals surface area contributed by atoms with Gasteiger partial charge in [0.1, 0.15) is 11.0 Å². The van der Waals surface area contributed by atoms with Crippen LogP contribution in [0.4, 0.5) is 5.69 Å². The van der Waals surface area contributed by atoms with E-state index in [0.29, 0.717) is 5.75 Å². The Morgan fingerprint density at radius 1 is 0.909 bits per heavy atom. The normalized spacial score (nSPS) is 25.8. The quantitative estimate of drug-likeness (QED) is 0.772. The van der Waals surface area contributed by atoms with Crippen LogP contribution in [-0.4, -0.2) is 5.28 Å². The molecule has 1 aliphatic carbocycles. The first-order valence-corrected chi connectivity index (χ1v) is 9.59. The van der Waals surface area contributed by atoms with Gasteiger partial charge in [-0.3, -0.25) is 4.57 Å². The van der Waals surface area contributed by atoms with Crippen molar-refractivity contribution < 1.29 is 9.09 Å². The van der Waals surface area contributed by atoms with Crippen LogP contribution in [0.5, 0.6) is 5.75 Å². The minimum absolute atomic E-state index is 0.457. The Kier molecular flexibility index (Phi) is 3.27. The molecule has 0 saturated heterocycles. The topological polar surface area (TPSA) is 38.3 Å². The molecule has 0 bridgehead atoms. The van der Waals surface area contributed by atoms with Crippen molar-refractivity contribution in [3.05, 3.63) is 54.6 Å². The van der Waals surface area contributed by atoms with Gasteiger partial charge in [0.05, 0.1) is 11.0 Å². The fourth-order valence-corrected chi connectivity index (χ4v) is 6.63. The maximum Gasteiger partial charge on any atom is 0.301 e. The number of anilines is 1. The van der Waals surface area contributed by atoms with E-state index in [2.05, 4.69) is 5.32 Å². The van der Waals surface area contributed by atoms with Crippen molar-refractivity contribution in [1.29, 1.82) is 0 Å². The van der Waals surface area contributed by atoms with Crippen LogP contribution in [-0.2, 0) is 4.57 Å². The van der Waals surface area contributed by atoms with Gasteiger partial charge in [-0.25, -0.2) is 0 Å². The van der Waals surface area contributed by atoms with Crippen LogP contribution in [0.1, 0.15) is 32.1 Å². The van der Waals surface area contributed by atoms with Crippen molar-refractivity contribution >= 4 is 18.4 Å². The average molecular weight is 313 g/mol. The second kappa shape index (κ2) is 5.17. The molecule has 1 N–H and O–H groups in total. The number of fused-ring (bicyclic) bond motifs is 1. The van der Waals surface area contributed by atoms with Crippen LogP contribution in [0, 0.1) is 0 Å². The van der Waals surface area contributed by atoms with Crippen molar-refractivity contribution in [2.75, 3.05) is 5.32 Å². The molecule has 2 aromatic rings. The summed E-state index contributed by atoms with van der Waals surface area (Å²) in [6, 6.07) is 17.5.